The smallest absolute Gasteiger partial charge is 0.405 e. The first-order valence-corrected chi connectivity index (χ1v) is 11.0. The zero-order valence-corrected chi connectivity index (χ0v) is 19.6. The van der Waals surface area contributed by atoms with E-state index >= 15 is 0 Å². The molecule has 5 aromatic rings. The van der Waals surface area contributed by atoms with Crippen LogP contribution in [0.1, 0.15) is 5.82 Å². The van der Waals surface area contributed by atoms with Crippen LogP contribution in [0.5, 0.6) is 5.75 Å². The number of aliphatic hydroxyl groups is 1. The quantitative estimate of drug-likeness (QED) is 0.357. The Kier molecular flexibility index (Phi) is 5.99. The maximum Gasteiger partial charge on any atom is 0.405 e. The second-order valence-electron chi connectivity index (χ2n) is 8.12. The molecule has 0 aliphatic carbocycles. The van der Waals surface area contributed by atoms with E-state index in [0.717, 1.165) is 0 Å². The second-order valence-corrected chi connectivity index (χ2v) is 8.12. The van der Waals surface area contributed by atoms with Crippen molar-refractivity contribution in [1.82, 2.24) is 29.1 Å². The summed E-state index contributed by atoms with van der Waals surface area (Å²) in [7, 11) is 3.25. The Balaban J connectivity index is 1.73. The summed E-state index contributed by atoms with van der Waals surface area (Å²) in [6.45, 7) is -1.58. The van der Waals surface area contributed by atoms with Gasteiger partial charge in [0.25, 0.3) is 5.56 Å². The predicted octanol–water partition coefficient (Wildman–Crippen LogP) is 3.20. The number of alkyl halides is 3. The predicted molar refractivity (Wildman–Crippen MR) is 130 cm³/mol. The van der Waals surface area contributed by atoms with Crippen LogP contribution in [0.25, 0.3) is 39.1 Å². The summed E-state index contributed by atoms with van der Waals surface area (Å²) in [5.41, 5.74) is 1.97. The van der Waals surface area contributed by atoms with Crippen LogP contribution in [0, 0.1) is 0 Å². The lowest BCUT2D eigenvalue weighted by atomic mass is 10.1. The molecule has 0 radical (unpaired) electrons. The third-order valence-electron chi connectivity index (χ3n) is 5.77. The Morgan fingerprint density at radius 3 is 2.49 bits per heavy atom. The number of aromatic nitrogens is 6. The highest BCUT2D eigenvalue weighted by Gasteiger charge is 2.27. The van der Waals surface area contributed by atoms with Crippen molar-refractivity contribution in [2.75, 3.05) is 19.0 Å². The molecule has 37 heavy (non-hydrogen) atoms. The van der Waals surface area contributed by atoms with Crippen LogP contribution in [-0.4, -0.2) is 54.0 Å². The van der Waals surface area contributed by atoms with Crippen molar-refractivity contribution in [3.05, 3.63) is 64.8 Å². The van der Waals surface area contributed by atoms with Gasteiger partial charge < -0.3 is 19.7 Å². The van der Waals surface area contributed by atoms with Crippen LogP contribution in [0.2, 0.25) is 0 Å². The molecule has 0 bridgehead atoms. The average molecular weight is 511 g/mol. The van der Waals surface area contributed by atoms with Gasteiger partial charge >= 0.3 is 6.18 Å². The van der Waals surface area contributed by atoms with Crippen LogP contribution in [-0.2, 0) is 13.7 Å². The Morgan fingerprint density at radius 1 is 1.05 bits per heavy atom. The highest BCUT2D eigenvalue weighted by molar-refractivity contribution is 5.83. The first kappa shape index (κ1) is 24.2. The molecule has 2 N–H and O–H groups in total. The fourth-order valence-electron chi connectivity index (χ4n) is 3.93. The number of imidazole rings is 1. The molecule has 0 fully saturated rings. The summed E-state index contributed by atoms with van der Waals surface area (Å²) >= 11 is 0. The normalized spacial score (nSPS) is 11.8. The van der Waals surface area contributed by atoms with Gasteiger partial charge in [-0.05, 0) is 36.4 Å². The van der Waals surface area contributed by atoms with Gasteiger partial charge in [-0.2, -0.15) is 18.2 Å². The van der Waals surface area contributed by atoms with Gasteiger partial charge in [-0.3, -0.25) is 9.36 Å². The lowest BCUT2D eigenvalue weighted by Crippen LogP contribution is -2.25. The van der Waals surface area contributed by atoms with Gasteiger partial charge in [0, 0.05) is 12.6 Å². The maximum absolute atomic E-state index is 13.8. The number of ether oxygens (including phenoxy) is 1. The van der Waals surface area contributed by atoms with Gasteiger partial charge in [0.2, 0.25) is 5.95 Å². The second kappa shape index (κ2) is 9.17. The molecule has 190 valence electrons. The van der Waals surface area contributed by atoms with E-state index in [1.807, 2.05) is 0 Å². The van der Waals surface area contributed by atoms with Crippen LogP contribution in [0.3, 0.4) is 0 Å². The number of nitrogens with one attached hydrogen (secondary N) is 1. The van der Waals surface area contributed by atoms with Crippen molar-refractivity contribution in [1.29, 1.82) is 0 Å². The monoisotopic (exact) mass is 511 g/mol. The Hall–Kier alpha value is -4.52. The SMILES string of the molecule is COc1ccc(-n2c(=O)c(-c3ccc4nc(CO)n(C)c4c3)nc3cnc(NCC(F)(F)F)nc32)cc1. The molecule has 2 aromatic carbocycles. The van der Waals surface area contributed by atoms with Gasteiger partial charge in [0.05, 0.1) is 30.0 Å². The van der Waals surface area contributed by atoms with Crippen LogP contribution in [0.4, 0.5) is 19.1 Å². The highest BCUT2D eigenvalue weighted by atomic mass is 19.4. The average Bonchev–Trinajstić information content (AvgIpc) is 3.21. The minimum Gasteiger partial charge on any atom is -0.497 e. The number of rotatable bonds is 6. The van der Waals surface area contributed by atoms with Crippen LogP contribution < -0.4 is 15.6 Å². The molecule has 3 heterocycles. The molecule has 13 heteroatoms. The minimum atomic E-state index is -4.48. The summed E-state index contributed by atoms with van der Waals surface area (Å²) in [6, 6.07) is 11.7. The Bertz CT molecular complexity index is 1680. The topological polar surface area (TPSA) is 120 Å². The van der Waals surface area contributed by atoms with Crippen molar-refractivity contribution in [2.24, 2.45) is 7.05 Å². The molecular formula is C24H20F3N7O3. The van der Waals surface area contributed by atoms with Crippen molar-refractivity contribution in [3.63, 3.8) is 0 Å². The fourth-order valence-corrected chi connectivity index (χ4v) is 3.93. The zero-order chi connectivity index (χ0) is 26.3. The number of anilines is 1. The molecule has 0 spiro atoms. The summed E-state index contributed by atoms with van der Waals surface area (Å²) in [5.74, 6) is 0.717. The summed E-state index contributed by atoms with van der Waals surface area (Å²) < 4.78 is 46.3. The number of methoxy groups -OCH3 is 1. The van der Waals surface area contributed by atoms with E-state index in [4.69, 9.17) is 4.74 Å². The first-order chi connectivity index (χ1) is 17.7. The van der Waals surface area contributed by atoms with Crippen molar-refractivity contribution < 1.29 is 23.0 Å². The van der Waals surface area contributed by atoms with Crippen molar-refractivity contribution in [2.45, 2.75) is 12.8 Å². The summed E-state index contributed by atoms with van der Waals surface area (Å²) in [5, 5.41) is 11.7. The van der Waals surface area contributed by atoms with E-state index in [-0.39, 0.29) is 29.4 Å². The number of hydrogen-bond donors (Lipinski definition) is 2. The van der Waals surface area contributed by atoms with E-state index in [9.17, 15) is 23.1 Å². The van der Waals surface area contributed by atoms with Crippen molar-refractivity contribution >= 4 is 28.1 Å². The number of halogens is 3. The van der Waals surface area contributed by atoms with E-state index in [1.165, 1.54) is 17.9 Å². The molecule has 0 amide bonds. The summed E-state index contributed by atoms with van der Waals surface area (Å²) in [4.78, 5) is 30.7. The van der Waals surface area contributed by atoms with Gasteiger partial charge in [0.1, 0.15) is 35.9 Å². The molecule has 0 unspecified atom stereocenters. The first-order valence-electron chi connectivity index (χ1n) is 11.0. The molecule has 0 atom stereocenters. The molecule has 5 rings (SSSR count). The number of aliphatic hydroxyl groups excluding tert-OH is 1. The van der Waals surface area contributed by atoms with E-state index in [0.29, 0.717) is 33.9 Å². The third kappa shape index (κ3) is 4.56. The Morgan fingerprint density at radius 2 is 1.81 bits per heavy atom. The highest BCUT2D eigenvalue weighted by Crippen LogP contribution is 2.25. The maximum atomic E-state index is 13.8. The lowest BCUT2D eigenvalue weighted by Gasteiger charge is -2.14. The van der Waals surface area contributed by atoms with Crippen LogP contribution in [0.15, 0.2) is 53.5 Å². The van der Waals surface area contributed by atoms with E-state index in [1.54, 1.807) is 54.1 Å². The largest absolute Gasteiger partial charge is 0.497 e. The molecule has 0 saturated heterocycles. The molecule has 10 nitrogen and oxygen atoms in total. The van der Waals surface area contributed by atoms with Gasteiger partial charge in [-0.15, -0.1) is 0 Å². The molecule has 0 saturated carbocycles. The summed E-state index contributed by atoms with van der Waals surface area (Å²) in [6.07, 6.45) is -3.22. The molecule has 0 aliphatic rings. The molecule has 3 aromatic heterocycles. The zero-order valence-electron chi connectivity index (χ0n) is 19.6. The number of hydrogen-bond acceptors (Lipinski definition) is 8. The molecule has 0 aliphatic heterocycles. The van der Waals surface area contributed by atoms with Gasteiger partial charge in [-0.25, -0.2) is 15.0 Å². The minimum absolute atomic E-state index is 0.0303. The molecular weight excluding hydrogens is 491 g/mol. The number of benzene rings is 2. The third-order valence-corrected chi connectivity index (χ3v) is 5.77. The van der Waals surface area contributed by atoms with Crippen molar-refractivity contribution in [3.8, 4) is 22.7 Å². The lowest BCUT2D eigenvalue weighted by molar-refractivity contribution is -0.115. The van der Waals surface area contributed by atoms with E-state index in [2.05, 4.69) is 25.3 Å². The van der Waals surface area contributed by atoms with Gasteiger partial charge in [-0.1, -0.05) is 6.07 Å². The van der Waals surface area contributed by atoms with E-state index < -0.39 is 18.3 Å². The standard InChI is InChI=1S/C24H20F3N7O3/c1-33-18-9-13(3-8-16(18)30-19(33)11-35)20-22(36)34(14-4-6-15(37-2)7-5-14)21-17(31-20)10-28-23(32-21)29-12-24(25,26)27/h3-10,35H,11-12H2,1-2H3,(H,28,29,32). The Labute approximate surface area is 207 Å². The number of aryl methyl sites for hydroxylation is 1. The fraction of sp³-hybridized carbons (Fsp3) is 0.208. The van der Waals surface area contributed by atoms with Gasteiger partial charge in [0.15, 0.2) is 5.65 Å². The number of fused-ring (bicyclic) bond motifs is 2. The van der Waals surface area contributed by atoms with Crippen LogP contribution >= 0.6 is 0 Å². The number of nitrogens with zero attached hydrogens (tertiary/aromatic N) is 6.